The van der Waals surface area contributed by atoms with E-state index in [9.17, 15) is 14.7 Å². The standard InChI is InChI=1S/C15H21N3O4S/c1-15(2,3)22-14(21)18-11(12(19)20)8-9-4-6-10(7-5-9)17-13(16)23/h4-7,11H,8H2,1-3H3,(H,18,21)(H,19,20)(H3,16,17,23). The van der Waals surface area contributed by atoms with Gasteiger partial charge in [-0.05, 0) is 50.7 Å². The number of carboxylic acid groups (broad SMARTS) is 1. The summed E-state index contributed by atoms with van der Waals surface area (Å²) in [5.74, 6) is -1.14. The van der Waals surface area contributed by atoms with E-state index in [4.69, 9.17) is 22.7 Å². The predicted molar refractivity (Wildman–Crippen MR) is 91.3 cm³/mol. The number of thiocarbonyl (C=S) groups is 1. The number of aliphatic carboxylic acids is 1. The minimum absolute atomic E-state index is 0.127. The predicted octanol–water partition coefficient (Wildman–Crippen LogP) is 1.86. The molecule has 0 saturated heterocycles. The second-order valence-electron chi connectivity index (χ2n) is 5.93. The lowest BCUT2D eigenvalue weighted by Crippen LogP contribution is -2.44. The number of hydrogen-bond donors (Lipinski definition) is 4. The zero-order valence-electron chi connectivity index (χ0n) is 13.3. The third kappa shape index (κ3) is 7.46. The van der Waals surface area contributed by atoms with Crippen LogP contribution in [0.1, 0.15) is 26.3 Å². The number of anilines is 1. The first kappa shape index (κ1) is 18.7. The highest BCUT2D eigenvalue weighted by molar-refractivity contribution is 7.80. The Kier molecular flexibility index (Phi) is 6.32. The van der Waals surface area contributed by atoms with E-state index in [1.165, 1.54) is 0 Å². The van der Waals surface area contributed by atoms with Crippen LogP contribution in [0, 0.1) is 0 Å². The number of nitrogens with one attached hydrogen (secondary N) is 2. The normalized spacial score (nSPS) is 12.1. The molecular formula is C15H21N3O4S. The molecule has 1 unspecified atom stereocenters. The molecule has 1 aromatic carbocycles. The number of ether oxygens (including phenoxy) is 1. The maximum atomic E-state index is 11.7. The molecular weight excluding hydrogens is 318 g/mol. The average Bonchev–Trinajstić information content (AvgIpc) is 2.37. The van der Waals surface area contributed by atoms with E-state index in [0.717, 1.165) is 5.56 Å². The highest BCUT2D eigenvalue weighted by Crippen LogP contribution is 2.12. The molecule has 7 nitrogen and oxygen atoms in total. The van der Waals surface area contributed by atoms with Gasteiger partial charge in [0.15, 0.2) is 5.11 Å². The van der Waals surface area contributed by atoms with Crippen LogP contribution in [0.15, 0.2) is 24.3 Å². The van der Waals surface area contributed by atoms with Crippen LogP contribution in [0.4, 0.5) is 10.5 Å². The Balaban J connectivity index is 2.71. The van der Waals surface area contributed by atoms with Crippen LogP contribution in [0.2, 0.25) is 0 Å². The van der Waals surface area contributed by atoms with Crippen molar-refractivity contribution in [3.63, 3.8) is 0 Å². The summed E-state index contributed by atoms with van der Waals surface area (Å²) in [6, 6.07) is 5.82. The van der Waals surface area contributed by atoms with Gasteiger partial charge in [-0.25, -0.2) is 9.59 Å². The highest BCUT2D eigenvalue weighted by atomic mass is 32.1. The van der Waals surface area contributed by atoms with Crippen molar-refractivity contribution in [1.29, 1.82) is 0 Å². The molecule has 126 valence electrons. The SMILES string of the molecule is CC(C)(C)OC(=O)NC(Cc1ccc(NC(N)=S)cc1)C(=O)O. The summed E-state index contributed by atoms with van der Waals surface area (Å²) in [4.78, 5) is 23.0. The molecule has 1 aromatic rings. The lowest BCUT2D eigenvalue weighted by Gasteiger charge is -2.22. The van der Waals surface area contributed by atoms with Crippen LogP contribution in [0.3, 0.4) is 0 Å². The molecule has 0 fully saturated rings. The lowest BCUT2D eigenvalue weighted by molar-refractivity contribution is -0.139. The van der Waals surface area contributed by atoms with Gasteiger partial charge in [0.1, 0.15) is 11.6 Å². The van der Waals surface area contributed by atoms with Gasteiger partial charge < -0.3 is 26.2 Å². The van der Waals surface area contributed by atoms with Crippen molar-refractivity contribution in [2.75, 3.05) is 5.32 Å². The van der Waals surface area contributed by atoms with Crippen molar-refractivity contribution >= 4 is 35.1 Å². The Bertz CT molecular complexity index is 581. The van der Waals surface area contributed by atoms with Crippen LogP contribution < -0.4 is 16.4 Å². The van der Waals surface area contributed by atoms with E-state index in [0.29, 0.717) is 5.69 Å². The Labute approximate surface area is 140 Å². The molecule has 23 heavy (non-hydrogen) atoms. The number of carboxylic acids is 1. The van der Waals surface area contributed by atoms with Crippen LogP contribution in [0.25, 0.3) is 0 Å². The molecule has 8 heteroatoms. The van der Waals surface area contributed by atoms with Crippen molar-refractivity contribution in [2.45, 2.75) is 38.8 Å². The van der Waals surface area contributed by atoms with E-state index in [2.05, 4.69) is 10.6 Å². The molecule has 0 radical (unpaired) electrons. The topological polar surface area (TPSA) is 114 Å². The number of alkyl carbamates (subject to hydrolysis) is 1. The molecule has 1 amide bonds. The zero-order valence-corrected chi connectivity index (χ0v) is 14.1. The molecule has 1 rings (SSSR count). The number of carbonyl (C=O) groups excluding carboxylic acids is 1. The van der Waals surface area contributed by atoms with Gasteiger partial charge in [0, 0.05) is 12.1 Å². The maximum absolute atomic E-state index is 11.7. The third-order valence-corrected chi connectivity index (χ3v) is 2.75. The van der Waals surface area contributed by atoms with Crippen molar-refractivity contribution in [3.8, 4) is 0 Å². The highest BCUT2D eigenvalue weighted by Gasteiger charge is 2.24. The van der Waals surface area contributed by atoms with Crippen molar-refractivity contribution in [2.24, 2.45) is 5.73 Å². The largest absolute Gasteiger partial charge is 0.480 e. The zero-order chi connectivity index (χ0) is 17.6. The smallest absolute Gasteiger partial charge is 0.408 e. The second kappa shape index (κ2) is 7.77. The van der Waals surface area contributed by atoms with E-state index < -0.39 is 23.7 Å². The first-order valence-corrected chi connectivity index (χ1v) is 7.35. The van der Waals surface area contributed by atoms with Crippen LogP contribution in [-0.4, -0.2) is 33.9 Å². The molecule has 0 aliphatic carbocycles. The van der Waals surface area contributed by atoms with Gasteiger partial charge in [-0.2, -0.15) is 0 Å². The van der Waals surface area contributed by atoms with Gasteiger partial charge >= 0.3 is 12.1 Å². The van der Waals surface area contributed by atoms with Crippen LogP contribution in [0.5, 0.6) is 0 Å². The molecule has 0 aliphatic rings. The van der Waals surface area contributed by atoms with Crippen molar-refractivity contribution < 1.29 is 19.4 Å². The molecule has 0 spiro atoms. The Morgan fingerprint density at radius 2 is 1.87 bits per heavy atom. The summed E-state index contributed by atoms with van der Waals surface area (Å²) < 4.78 is 5.07. The fraction of sp³-hybridized carbons (Fsp3) is 0.400. The van der Waals surface area contributed by atoms with Crippen molar-refractivity contribution in [3.05, 3.63) is 29.8 Å². The number of carbonyl (C=O) groups is 2. The van der Waals surface area contributed by atoms with Crippen LogP contribution in [-0.2, 0) is 16.0 Å². The number of hydrogen-bond acceptors (Lipinski definition) is 4. The first-order chi connectivity index (χ1) is 10.6. The molecule has 1 atom stereocenters. The van der Waals surface area contributed by atoms with Gasteiger partial charge in [-0.15, -0.1) is 0 Å². The van der Waals surface area contributed by atoms with Gasteiger partial charge in [0.25, 0.3) is 0 Å². The van der Waals surface area contributed by atoms with E-state index in [1.54, 1.807) is 45.0 Å². The molecule has 0 aromatic heterocycles. The monoisotopic (exact) mass is 339 g/mol. The summed E-state index contributed by atoms with van der Waals surface area (Å²) in [5, 5.41) is 14.5. The third-order valence-electron chi connectivity index (χ3n) is 2.65. The maximum Gasteiger partial charge on any atom is 0.408 e. The number of nitrogens with two attached hydrogens (primary N) is 1. The average molecular weight is 339 g/mol. The molecule has 0 bridgehead atoms. The van der Waals surface area contributed by atoms with Gasteiger partial charge in [-0.3, -0.25) is 0 Å². The molecule has 0 aliphatic heterocycles. The van der Waals surface area contributed by atoms with E-state index in [-0.39, 0.29) is 11.5 Å². The number of benzene rings is 1. The minimum atomic E-state index is -1.14. The molecule has 0 saturated carbocycles. The summed E-state index contributed by atoms with van der Waals surface area (Å²) >= 11 is 4.73. The van der Waals surface area contributed by atoms with Gasteiger partial charge in [0.05, 0.1) is 0 Å². The minimum Gasteiger partial charge on any atom is -0.480 e. The van der Waals surface area contributed by atoms with Gasteiger partial charge in [0.2, 0.25) is 0 Å². The number of rotatable bonds is 5. The molecule has 0 heterocycles. The first-order valence-electron chi connectivity index (χ1n) is 6.94. The molecule has 5 N–H and O–H groups in total. The Morgan fingerprint density at radius 1 is 1.30 bits per heavy atom. The summed E-state index contributed by atoms with van der Waals surface area (Å²) in [6.07, 6.45) is -0.640. The Morgan fingerprint density at radius 3 is 2.30 bits per heavy atom. The lowest BCUT2D eigenvalue weighted by atomic mass is 10.1. The van der Waals surface area contributed by atoms with E-state index >= 15 is 0 Å². The fourth-order valence-corrected chi connectivity index (χ4v) is 1.87. The fourth-order valence-electron chi connectivity index (χ4n) is 1.75. The van der Waals surface area contributed by atoms with Crippen LogP contribution >= 0.6 is 12.2 Å². The van der Waals surface area contributed by atoms with Crippen molar-refractivity contribution in [1.82, 2.24) is 5.32 Å². The Hall–Kier alpha value is -2.35. The summed E-state index contributed by atoms with van der Waals surface area (Å²) in [5.41, 5.74) is 6.12. The second-order valence-corrected chi connectivity index (χ2v) is 6.37. The van der Waals surface area contributed by atoms with E-state index in [1.807, 2.05) is 0 Å². The quantitative estimate of drug-likeness (QED) is 0.605. The van der Waals surface area contributed by atoms with Gasteiger partial charge in [-0.1, -0.05) is 12.1 Å². The summed E-state index contributed by atoms with van der Waals surface area (Å²) in [7, 11) is 0. The summed E-state index contributed by atoms with van der Waals surface area (Å²) in [6.45, 7) is 5.11. The number of amides is 1.